The molecular formula is C14H24N4. The number of hydrogen-bond donors (Lipinski definition) is 1. The van der Waals surface area contributed by atoms with Crippen molar-refractivity contribution in [2.75, 3.05) is 39.5 Å². The van der Waals surface area contributed by atoms with E-state index in [9.17, 15) is 0 Å². The van der Waals surface area contributed by atoms with Crippen LogP contribution in [0.15, 0.2) is 18.3 Å². The van der Waals surface area contributed by atoms with E-state index in [0.717, 1.165) is 24.6 Å². The standard InChI is InChI=1S/C14H24N4/c1-17-8-5-12(6-9-17)10-18(2)11-13-4-3-7-16-14(13)15/h3-4,7,12H,5-6,8-11H2,1-2H3,(H2,15,16). The predicted molar refractivity (Wildman–Crippen MR) is 75.2 cm³/mol. The molecule has 100 valence electrons. The van der Waals surface area contributed by atoms with Gasteiger partial charge in [0, 0.05) is 24.8 Å². The Morgan fingerprint density at radius 3 is 2.83 bits per heavy atom. The minimum atomic E-state index is 0.660. The number of aromatic nitrogens is 1. The van der Waals surface area contributed by atoms with Crippen molar-refractivity contribution in [3.8, 4) is 0 Å². The smallest absolute Gasteiger partial charge is 0.127 e. The first-order valence-electron chi connectivity index (χ1n) is 6.71. The Balaban J connectivity index is 1.82. The van der Waals surface area contributed by atoms with Crippen LogP contribution in [0.3, 0.4) is 0 Å². The Bertz CT molecular complexity index is 372. The first-order valence-corrected chi connectivity index (χ1v) is 6.71. The molecule has 0 unspecified atom stereocenters. The highest BCUT2D eigenvalue weighted by Crippen LogP contribution is 2.18. The molecule has 1 saturated heterocycles. The summed E-state index contributed by atoms with van der Waals surface area (Å²) in [4.78, 5) is 8.91. The Labute approximate surface area is 110 Å². The van der Waals surface area contributed by atoms with Gasteiger partial charge in [0.2, 0.25) is 0 Å². The minimum absolute atomic E-state index is 0.660. The number of hydrogen-bond acceptors (Lipinski definition) is 4. The molecular weight excluding hydrogens is 224 g/mol. The number of nitrogen functional groups attached to an aromatic ring is 1. The average molecular weight is 248 g/mol. The first kappa shape index (κ1) is 13.3. The van der Waals surface area contributed by atoms with Crippen molar-refractivity contribution >= 4 is 5.82 Å². The van der Waals surface area contributed by atoms with Crippen LogP contribution in [0.25, 0.3) is 0 Å². The Morgan fingerprint density at radius 2 is 2.17 bits per heavy atom. The highest BCUT2D eigenvalue weighted by molar-refractivity contribution is 5.38. The molecule has 2 heterocycles. The third kappa shape index (κ3) is 3.68. The van der Waals surface area contributed by atoms with Gasteiger partial charge in [-0.2, -0.15) is 0 Å². The summed E-state index contributed by atoms with van der Waals surface area (Å²) >= 11 is 0. The predicted octanol–water partition coefficient (Wildman–Crippen LogP) is 1.44. The third-order valence-electron chi connectivity index (χ3n) is 3.77. The summed E-state index contributed by atoms with van der Waals surface area (Å²) in [5.41, 5.74) is 7.01. The van der Waals surface area contributed by atoms with Crippen molar-refractivity contribution in [2.45, 2.75) is 19.4 Å². The number of pyridine rings is 1. The summed E-state index contributed by atoms with van der Waals surface area (Å²) in [6.45, 7) is 4.51. The van der Waals surface area contributed by atoms with Gasteiger partial charge < -0.3 is 15.5 Å². The molecule has 18 heavy (non-hydrogen) atoms. The second-order valence-electron chi connectivity index (χ2n) is 5.49. The molecule has 2 rings (SSSR count). The van der Waals surface area contributed by atoms with Gasteiger partial charge >= 0.3 is 0 Å². The van der Waals surface area contributed by atoms with Gasteiger partial charge in [-0.1, -0.05) is 6.07 Å². The van der Waals surface area contributed by atoms with Crippen molar-refractivity contribution in [3.05, 3.63) is 23.9 Å². The minimum Gasteiger partial charge on any atom is -0.383 e. The molecule has 1 aromatic rings. The maximum atomic E-state index is 5.88. The highest BCUT2D eigenvalue weighted by Gasteiger charge is 2.18. The van der Waals surface area contributed by atoms with Crippen LogP contribution < -0.4 is 5.73 Å². The van der Waals surface area contributed by atoms with Crippen molar-refractivity contribution in [2.24, 2.45) is 5.92 Å². The normalized spacial score (nSPS) is 18.4. The topological polar surface area (TPSA) is 45.4 Å². The molecule has 0 atom stereocenters. The van der Waals surface area contributed by atoms with E-state index in [0.29, 0.717) is 5.82 Å². The second kappa shape index (κ2) is 6.16. The van der Waals surface area contributed by atoms with E-state index in [4.69, 9.17) is 5.73 Å². The van der Waals surface area contributed by atoms with Crippen LogP contribution in [0.4, 0.5) is 5.82 Å². The lowest BCUT2D eigenvalue weighted by Crippen LogP contribution is -2.35. The number of rotatable bonds is 4. The molecule has 0 amide bonds. The van der Waals surface area contributed by atoms with Gasteiger partial charge in [-0.25, -0.2) is 4.98 Å². The van der Waals surface area contributed by atoms with Gasteiger partial charge in [0.15, 0.2) is 0 Å². The van der Waals surface area contributed by atoms with Crippen LogP contribution in [-0.4, -0.2) is 48.5 Å². The summed E-state index contributed by atoms with van der Waals surface area (Å²) in [6.07, 6.45) is 4.36. The van der Waals surface area contributed by atoms with Gasteiger partial charge in [-0.15, -0.1) is 0 Å². The molecule has 0 aliphatic carbocycles. The van der Waals surface area contributed by atoms with E-state index in [-0.39, 0.29) is 0 Å². The highest BCUT2D eigenvalue weighted by atomic mass is 15.1. The van der Waals surface area contributed by atoms with E-state index in [1.165, 1.54) is 25.9 Å². The van der Waals surface area contributed by atoms with E-state index < -0.39 is 0 Å². The number of anilines is 1. The number of nitrogens with zero attached hydrogens (tertiary/aromatic N) is 3. The number of nitrogens with two attached hydrogens (primary N) is 1. The van der Waals surface area contributed by atoms with Crippen molar-refractivity contribution in [1.29, 1.82) is 0 Å². The summed E-state index contributed by atoms with van der Waals surface area (Å²) in [5.74, 6) is 1.48. The molecule has 0 spiro atoms. The lowest BCUT2D eigenvalue weighted by atomic mass is 9.96. The van der Waals surface area contributed by atoms with Crippen molar-refractivity contribution < 1.29 is 0 Å². The lowest BCUT2D eigenvalue weighted by molar-refractivity contribution is 0.173. The SMILES string of the molecule is CN1CCC(CN(C)Cc2cccnc2N)CC1. The largest absolute Gasteiger partial charge is 0.383 e. The van der Waals surface area contributed by atoms with Gasteiger partial charge in [-0.05, 0) is 52.0 Å². The summed E-state index contributed by atoms with van der Waals surface area (Å²) in [7, 11) is 4.38. The van der Waals surface area contributed by atoms with E-state index >= 15 is 0 Å². The average Bonchev–Trinajstić information content (AvgIpc) is 2.35. The second-order valence-corrected chi connectivity index (χ2v) is 5.49. The summed E-state index contributed by atoms with van der Waals surface area (Å²) in [6, 6.07) is 4.02. The van der Waals surface area contributed by atoms with Crippen molar-refractivity contribution in [1.82, 2.24) is 14.8 Å². The lowest BCUT2D eigenvalue weighted by Gasteiger charge is -2.31. The molecule has 0 saturated carbocycles. The molecule has 1 aliphatic rings. The van der Waals surface area contributed by atoms with Crippen LogP contribution >= 0.6 is 0 Å². The summed E-state index contributed by atoms with van der Waals surface area (Å²) < 4.78 is 0. The van der Waals surface area contributed by atoms with Crippen molar-refractivity contribution in [3.63, 3.8) is 0 Å². The van der Waals surface area contributed by atoms with Crippen LogP contribution in [0.1, 0.15) is 18.4 Å². The van der Waals surface area contributed by atoms with Gasteiger partial charge in [0.05, 0.1) is 0 Å². The molecule has 0 aromatic carbocycles. The molecule has 4 heteroatoms. The van der Waals surface area contributed by atoms with Crippen LogP contribution in [0.5, 0.6) is 0 Å². The fourth-order valence-electron chi connectivity index (χ4n) is 2.63. The zero-order valence-electron chi connectivity index (χ0n) is 11.5. The van der Waals surface area contributed by atoms with Crippen LogP contribution in [-0.2, 0) is 6.54 Å². The Morgan fingerprint density at radius 1 is 1.44 bits per heavy atom. The molecule has 4 nitrogen and oxygen atoms in total. The monoisotopic (exact) mass is 248 g/mol. The quantitative estimate of drug-likeness (QED) is 0.876. The van der Waals surface area contributed by atoms with E-state index in [1.807, 2.05) is 6.07 Å². The molecule has 1 aliphatic heterocycles. The third-order valence-corrected chi connectivity index (χ3v) is 3.77. The van der Waals surface area contributed by atoms with Gasteiger partial charge in [0.25, 0.3) is 0 Å². The van der Waals surface area contributed by atoms with Crippen LogP contribution in [0, 0.1) is 5.92 Å². The van der Waals surface area contributed by atoms with Gasteiger partial charge in [-0.3, -0.25) is 0 Å². The number of piperidine rings is 1. The van der Waals surface area contributed by atoms with Gasteiger partial charge in [0.1, 0.15) is 5.82 Å². The zero-order valence-corrected chi connectivity index (χ0v) is 11.5. The Kier molecular flexibility index (Phi) is 4.55. The number of likely N-dealkylation sites (tertiary alicyclic amines) is 1. The fourth-order valence-corrected chi connectivity index (χ4v) is 2.63. The van der Waals surface area contributed by atoms with E-state index in [2.05, 4.69) is 34.9 Å². The molecule has 2 N–H and O–H groups in total. The summed E-state index contributed by atoms with van der Waals surface area (Å²) in [5, 5.41) is 0. The molecule has 1 fully saturated rings. The Hall–Kier alpha value is -1.13. The fraction of sp³-hybridized carbons (Fsp3) is 0.643. The first-order chi connectivity index (χ1) is 8.65. The maximum absolute atomic E-state index is 5.88. The molecule has 0 bridgehead atoms. The molecule has 0 radical (unpaired) electrons. The van der Waals surface area contributed by atoms with Crippen LogP contribution in [0.2, 0.25) is 0 Å². The maximum Gasteiger partial charge on any atom is 0.127 e. The zero-order chi connectivity index (χ0) is 13.0. The molecule has 1 aromatic heterocycles. The van der Waals surface area contributed by atoms with E-state index in [1.54, 1.807) is 6.20 Å².